The highest BCUT2D eigenvalue weighted by Gasteiger charge is 2.11. The fourth-order valence-corrected chi connectivity index (χ4v) is 3.41. The molecule has 0 bridgehead atoms. The highest BCUT2D eigenvalue weighted by atomic mass is 35.5. The van der Waals surface area contributed by atoms with Crippen molar-refractivity contribution in [2.75, 3.05) is 5.75 Å². The van der Waals surface area contributed by atoms with Gasteiger partial charge < -0.3 is 4.42 Å². The van der Waals surface area contributed by atoms with Crippen LogP contribution in [0, 0.1) is 0 Å². The summed E-state index contributed by atoms with van der Waals surface area (Å²) in [6.45, 7) is 0.494. The number of hydrogen-bond donors (Lipinski definition) is 0. The summed E-state index contributed by atoms with van der Waals surface area (Å²) >= 11 is 7.37. The molecule has 126 valence electrons. The number of benzene rings is 2. The Bertz CT molecular complexity index is 1070. The van der Waals surface area contributed by atoms with Crippen LogP contribution >= 0.6 is 23.4 Å². The minimum atomic E-state index is -0.362. The minimum absolute atomic E-state index is 0.362. The van der Waals surface area contributed by atoms with Crippen molar-refractivity contribution in [3.05, 3.63) is 64.1 Å². The van der Waals surface area contributed by atoms with Crippen molar-refractivity contribution in [2.45, 2.75) is 11.7 Å². The molecule has 2 aromatic carbocycles. The van der Waals surface area contributed by atoms with Gasteiger partial charge in [0.1, 0.15) is 0 Å². The average molecular weight is 374 g/mol. The van der Waals surface area contributed by atoms with Crippen molar-refractivity contribution in [2.24, 2.45) is 0 Å². The number of aromatic nitrogens is 5. The van der Waals surface area contributed by atoms with Gasteiger partial charge in [-0.15, -0.1) is 5.10 Å². The van der Waals surface area contributed by atoms with E-state index in [0.29, 0.717) is 28.1 Å². The van der Waals surface area contributed by atoms with Gasteiger partial charge >= 0.3 is 5.76 Å². The van der Waals surface area contributed by atoms with Crippen LogP contribution in [0.3, 0.4) is 0 Å². The number of hydrogen-bond acceptors (Lipinski definition) is 6. The van der Waals surface area contributed by atoms with Crippen LogP contribution in [0.25, 0.3) is 16.8 Å². The lowest BCUT2D eigenvalue weighted by atomic mass is 10.3. The Hall–Kier alpha value is -2.58. The molecule has 0 saturated carbocycles. The molecule has 0 aliphatic rings. The summed E-state index contributed by atoms with van der Waals surface area (Å²) in [5, 5.41) is 13.1. The molecule has 0 fully saturated rings. The molecule has 0 aliphatic heterocycles. The van der Waals surface area contributed by atoms with Gasteiger partial charge in [0, 0.05) is 17.3 Å². The number of para-hydroxylation sites is 2. The summed E-state index contributed by atoms with van der Waals surface area (Å²) in [5.41, 5.74) is 2.19. The van der Waals surface area contributed by atoms with Gasteiger partial charge in [-0.3, -0.25) is 4.57 Å². The molecule has 0 atom stereocenters. The molecule has 0 aliphatic carbocycles. The zero-order valence-corrected chi connectivity index (χ0v) is 14.4. The van der Waals surface area contributed by atoms with E-state index in [9.17, 15) is 4.79 Å². The van der Waals surface area contributed by atoms with Crippen molar-refractivity contribution >= 4 is 34.5 Å². The summed E-state index contributed by atoms with van der Waals surface area (Å²) in [6, 6.07) is 14.6. The maximum atomic E-state index is 12.0. The smallest absolute Gasteiger partial charge is 0.408 e. The van der Waals surface area contributed by atoms with E-state index in [1.54, 1.807) is 27.4 Å². The van der Waals surface area contributed by atoms with E-state index in [1.807, 2.05) is 30.3 Å². The topological polar surface area (TPSA) is 78.7 Å². The molecule has 0 N–H and O–H groups in total. The SMILES string of the molecule is O=c1oc2ccccc2n1CCSc1nnnn1-c1ccc(Cl)cc1. The van der Waals surface area contributed by atoms with Gasteiger partial charge in [0.25, 0.3) is 0 Å². The lowest BCUT2D eigenvalue weighted by Crippen LogP contribution is -2.15. The summed E-state index contributed by atoms with van der Waals surface area (Å²) in [7, 11) is 0. The van der Waals surface area contributed by atoms with Crippen molar-refractivity contribution in [3.63, 3.8) is 0 Å². The van der Waals surface area contributed by atoms with Crippen LogP contribution in [-0.2, 0) is 6.54 Å². The van der Waals surface area contributed by atoms with Gasteiger partial charge in [-0.2, -0.15) is 4.68 Å². The second kappa shape index (κ2) is 6.73. The summed E-state index contributed by atoms with van der Waals surface area (Å²) in [4.78, 5) is 12.0. The number of thioether (sulfide) groups is 1. The predicted octanol–water partition coefficient (Wildman–Crippen LogP) is 3.02. The van der Waals surface area contributed by atoms with Crippen LogP contribution in [0.1, 0.15) is 0 Å². The van der Waals surface area contributed by atoms with Crippen molar-refractivity contribution in [3.8, 4) is 5.69 Å². The number of fused-ring (bicyclic) bond motifs is 1. The van der Waals surface area contributed by atoms with Gasteiger partial charge in [0.2, 0.25) is 5.16 Å². The average Bonchev–Trinajstić information content (AvgIpc) is 3.20. The van der Waals surface area contributed by atoms with Crippen molar-refractivity contribution in [1.82, 2.24) is 24.8 Å². The Balaban J connectivity index is 1.51. The fraction of sp³-hybridized carbons (Fsp3) is 0.125. The summed E-state index contributed by atoms with van der Waals surface area (Å²) < 4.78 is 8.48. The standard InChI is InChI=1S/C16H12ClN5O2S/c17-11-5-7-12(8-6-11)22-15(18-19-20-22)25-10-9-21-13-3-1-2-4-14(13)24-16(21)23/h1-8H,9-10H2. The van der Waals surface area contributed by atoms with Crippen LogP contribution in [-0.4, -0.2) is 30.5 Å². The van der Waals surface area contributed by atoms with E-state index in [4.69, 9.17) is 16.0 Å². The van der Waals surface area contributed by atoms with Crippen LogP contribution in [0.15, 0.2) is 62.9 Å². The molecular weight excluding hydrogens is 362 g/mol. The number of nitrogens with zero attached hydrogens (tertiary/aromatic N) is 5. The van der Waals surface area contributed by atoms with Gasteiger partial charge in [-0.25, -0.2) is 4.79 Å². The molecule has 0 radical (unpaired) electrons. The minimum Gasteiger partial charge on any atom is -0.408 e. The molecule has 0 saturated heterocycles. The Morgan fingerprint density at radius 1 is 1.12 bits per heavy atom. The summed E-state index contributed by atoms with van der Waals surface area (Å²) in [5.74, 6) is 0.260. The Labute approximate surface area is 151 Å². The van der Waals surface area contributed by atoms with E-state index >= 15 is 0 Å². The Morgan fingerprint density at radius 3 is 2.76 bits per heavy atom. The van der Waals surface area contributed by atoms with Crippen molar-refractivity contribution in [1.29, 1.82) is 0 Å². The van der Waals surface area contributed by atoms with E-state index in [0.717, 1.165) is 11.2 Å². The maximum absolute atomic E-state index is 12.0. The molecule has 0 unspecified atom stereocenters. The van der Waals surface area contributed by atoms with E-state index < -0.39 is 0 Å². The first-order chi connectivity index (χ1) is 12.2. The summed E-state index contributed by atoms with van der Waals surface area (Å²) in [6.07, 6.45) is 0. The number of halogens is 1. The van der Waals surface area contributed by atoms with Gasteiger partial charge in [0.05, 0.1) is 11.2 Å². The third kappa shape index (κ3) is 3.18. The molecule has 2 heterocycles. The predicted molar refractivity (Wildman–Crippen MR) is 95.4 cm³/mol. The molecule has 25 heavy (non-hydrogen) atoms. The van der Waals surface area contributed by atoms with Crippen LogP contribution in [0.2, 0.25) is 5.02 Å². The first-order valence-corrected chi connectivity index (χ1v) is 8.84. The second-order valence-corrected chi connectivity index (χ2v) is 6.68. The van der Waals surface area contributed by atoms with E-state index in [1.165, 1.54) is 11.8 Å². The lowest BCUT2D eigenvalue weighted by Gasteiger charge is -2.05. The first kappa shape index (κ1) is 15.9. The zero-order chi connectivity index (χ0) is 17.2. The normalized spacial score (nSPS) is 11.2. The van der Waals surface area contributed by atoms with Gasteiger partial charge in [-0.1, -0.05) is 35.5 Å². The van der Waals surface area contributed by atoms with Crippen LogP contribution < -0.4 is 5.76 Å². The van der Waals surface area contributed by atoms with E-state index in [-0.39, 0.29) is 5.76 Å². The van der Waals surface area contributed by atoms with Gasteiger partial charge in [-0.05, 0) is 46.8 Å². The molecule has 9 heteroatoms. The molecule has 4 rings (SSSR count). The van der Waals surface area contributed by atoms with Crippen LogP contribution in [0.5, 0.6) is 0 Å². The number of tetrazole rings is 1. The quantitative estimate of drug-likeness (QED) is 0.500. The fourth-order valence-electron chi connectivity index (χ4n) is 2.47. The molecule has 7 nitrogen and oxygen atoms in total. The second-order valence-electron chi connectivity index (χ2n) is 5.19. The number of oxazole rings is 1. The Kier molecular flexibility index (Phi) is 4.29. The monoisotopic (exact) mass is 373 g/mol. The molecule has 2 aromatic heterocycles. The number of rotatable bonds is 5. The third-order valence-electron chi connectivity index (χ3n) is 3.63. The molecule has 0 spiro atoms. The molecule has 0 amide bonds. The van der Waals surface area contributed by atoms with Gasteiger partial charge in [0.15, 0.2) is 5.58 Å². The highest BCUT2D eigenvalue weighted by molar-refractivity contribution is 7.99. The number of aryl methyl sites for hydroxylation is 1. The third-order valence-corrected chi connectivity index (χ3v) is 4.78. The molecular formula is C16H12ClN5O2S. The highest BCUT2D eigenvalue weighted by Crippen LogP contribution is 2.20. The van der Waals surface area contributed by atoms with E-state index in [2.05, 4.69) is 15.5 Å². The van der Waals surface area contributed by atoms with Crippen LogP contribution in [0.4, 0.5) is 0 Å². The zero-order valence-electron chi connectivity index (χ0n) is 12.9. The molecule has 4 aromatic rings. The lowest BCUT2D eigenvalue weighted by molar-refractivity contribution is 0.514. The Morgan fingerprint density at radius 2 is 1.92 bits per heavy atom. The van der Waals surface area contributed by atoms with Crippen molar-refractivity contribution < 1.29 is 4.42 Å². The largest absolute Gasteiger partial charge is 0.419 e. The maximum Gasteiger partial charge on any atom is 0.419 e. The first-order valence-electron chi connectivity index (χ1n) is 7.48.